The number of halogens is 1. The molecule has 1 saturated carbocycles. The summed E-state index contributed by atoms with van der Waals surface area (Å²) < 4.78 is 20.7. The highest BCUT2D eigenvalue weighted by molar-refractivity contribution is 5.80. The average Bonchev–Trinajstić information content (AvgIpc) is 3.41. The molecule has 7 heteroatoms. The number of aromatic nitrogens is 4. The lowest BCUT2D eigenvalue weighted by Gasteiger charge is -2.17. The number of fused-ring (bicyclic) bond motifs is 1. The first-order valence-corrected chi connectivity index (χ1v) is 9.73. The molecule has 1 aliphatic rings. The monoisotopic (exact) mass is 390 g/mol. The van der Waals surface area contributed by atoms with E-state index in [9.17, 15) is 9.18 Å². The summed E-state index contributed by atoms with van der Waals surface area (Å²) in [6.07, 6.45) is 4.32. The molecule has 0 unspecified atom stereocenters. The fourth-order valence-corrected chi connectivity index (χ4v) is 4.07. The van der Waals surface area contributed by atoms with Crippen LogP contribution in [0.3, 0.4) is 0 Å². The van der Waals surface area contributed by atoms with E-state index in [1.54, 1.807) is 19.1 Å². The van der Waals surface area contributed by atoms with Gasteiger partial charge in [-0.1, -0.05) is 24.1 Å². The van der Waals surface area contributed by atoms with Gasteiger partial charge in [-0.25, -0.2) is 9.37 Å². The van der Waals surface area contributed by atoms with Gasteiger partial charge < -0.3 is 9.09 Å². The molecular formula is C22H19FN4O2. The van der Waals surface area contributed by atoms with Crippen molar-refractivity contribution in [2.45, 2.75) is 38.6 Å². The molecule has 4 aromatic rings. The van der Waals surface area contributed by atoms with E-state index in [0.29, 0.717) is 17.1 Å². The quantitative estimate of drug-likeness (QED) is 0.508. The summed E-state index contributed by atoms with van der Waals surface area (Å²) in [4.78, 5) is 21.6. The zero-order valence-electron chi connectivity index (χ0n) is 15.9. The maximum atomic E-state index is 13.5. The summed E-state index contributed by atoms with van der Waals surface area (Å²) >= 11 is 0. The molecule has 29 heavy (non-hydrogen) atoms. The van der Waals surface area contributed by atoms with Crippen LogP contribution in [0.1, 0.15) is 37.4 Å². The molecule has 2 aromatic carbocycles. The summed E-state index contributed by atoms with van der Waals surface area (Å²) in [5, 5.41) is 4.03. The number of nitrogens with zero attached hydrogens (tertiary/aromatic N) is 4. The molecule has 2 heterocycles. The van der Waals surface area contributed by atoms with Gasteiger partial charge in [-0.15, -0.1) is 0 Å². The highest BCUT2D eigenvalue weighted by Crippen LogP contribution is 2.31. The zero-order valence-corrected chi connectivity index (χ0v) is 15.9. The third-order valence-electron chi connectivity index (χ3n) is 5.50. The summed E-state index contributed by atoms with van der Waals surface area (Å²) in [6, 6.07) is 11.9. The van der Waals surface area contributed by atoms with Crippen LogP contribution in [-0.2, 0) is 0 Å². The van der Waals surface area contributed by atoms with E-state index in [2.05, 4.69) is 15.1 Å². The first-order chi connectivity index (χ1) is 14.1. The number of hydrogen-bond donors (Lipinski definition) is 0. The van der Waals surface area contributed by atoms with Crippen molar-refractivity contribution in [3.8, 4) is 22.8 Å². The third kappa shape index (κ3) is 3.12. The van der Waals surface area contributed by atoms with E-state index >= 15 is 0 Å². The fraction of sp³-hybridized carbons (Fsp3) is 0.273. The van der Waals surface area contributed by atoms with Crippen LogP contribution < -0.4 is 5.56 Å². The molecule has 0 radical (unpaired) electrons. The van der Waals surface area contributed by atoms with Crippen molar-refractivity contribution in [2.75, 3.05) is 0 Å². The summed E-state index contributed by atoms with van der Waals surface area (Å²) in [5.74, 6) is 0.279. The summed E-state index contributed by atoms with van der Waals surface area (Å²) in [5.41, 5.74) is 3.26. The van der Waals surface area contributed by atoms with E-state index in [4.69, 9.17) is 4.52 Å². The average molecular weight is 390 g/mol. The molecule has 0 aliphatic heterocycles. The van der Waals surface area contributed by atoms with Crippen LogP contribution in [0.15, 0.2) is 51.8 Å². The van der Waals surface area contributed by atoms with E-state index in [1.165, 1.54) is 12.1 Å². The van der Waals surface area contributed by atoms with Crippen LogP contribution in [0, 0.1) is 12.7 Å². The lowest BCUT2D eigenvalue weighted by Crippen LogP contribution is -2.26. The third-order valence-corrected chi connectivity index (χ3v) is 5.50. The van der Waals surface area contributed by atoms with Crippen LogP contribution in [0.25, 0.3) is 33.9 Å². The molecule has 1 fully saturated rings. The Labute approximate surface area is 166 Å². The second-order valence-corrected chi connectivity index (χ2v) is 7.45. The van der Waals surface area contributed by atoms with Gasteiger partial charge in [0.15, 0.2) is 0 Å². The Morgan fingerprint density at radius 3 is 2.69 bits per heavy atom. The largest absolute Gasteiger partial charge is 0.334 e. The fourth-order valence-electron chi connectivity index (χ4n) is 4.07. The maximum Gasteiger partial charge on any atom is 0.272 e. The molecule has 0 amide bonds. The van der Waals surface area contributed by atoms with E-state index in [1.807, 2.05) is 22.8 Å². The minimum Gasteiger partial charge on any atom is -0.334 e. The van der Waals surface area contributed by atoms with Crippen molar-refractivity contribution in [3.63, 3.8) is 0 Å². The van der Waals surface area contributed by atoms with E-state index in [-0.39, 0.29) is 23.3 Å². The van der Waals surface area contributed by atoms with Gasteiger partial charge in [0, 0.05) is 17.2 Å². The van der Waals surface area contributed by atoms with Gasteiger partial charge >= 0.3 is 0 Å². The predicted octanol–water partition coefficient (Wildman–Crippen LogP) is 4.68. The molecule has 6 nitrogen and oxygen atoms in total. The van der Waals surface area contributed by atoms with Gasteiger partial charge in [0.1, 0.15) is 11.5 Å². The maximum absolute atomic E-state index is 13.5. The highest BCUT2D eigenvalue weighted by atomic mass is 19.1. The van der Waals surface area contributed by atoms with Gasteiger partial charge in [0.25, 0.3) is 11.4 Å². The van der Waals surface area contributed by atoms with Crippen LogP contribution >= 0.6 is 0 Å². The SMILES string of the molecule is Cc1nc2cc(-c3noc(-c4cccc(F)c4)n3)ccc2n(C2CCCC2)c1=O. The van der Waals surface area contributed by atoms with E-state index < -0.39 is 0 Å². The van der Waals surface area contributed by atoms with Crippen molar-refractivity contribution in [3.05, 3.63) is 64.3 Å². The highest BCUT2D eigenvalue weighted by Gasteiger charge is 2.22. The van der Waals surface area contributed by atoms with Gasteiger partial charge in [-0.2, -0.15) is 4.98 Å². The number of aryl methyl sites for hydroxylation is 1. The number of benzene rings is 2. The molecule has 0 saturated heterocycles. The Kier molecular flexibility index (Phi) is 4.23. The lowest BCUT2D eigenvalue weighted by atomic mass is 10.1. The smallest absolute Gasteiger partial charge is 0.272 e. The molecule has 0 bridgehead atoms. The number of rotatable bonds is 3. The molecule has 0 N–H and O–H groups in total. The van der Waals surface area contributed by atoms with Crippen LogP contribution in [0.5, 0.6) is 0 Å². The molecule has 0 atom stereocenters. The molecule has 0 spiro atoms. The summed E-state index contributed by atoms with van der Waals surface area (Å²) in [6.45, 7) is 1.75. The van der Waals surface area contributed by atoms with Gasteiger partial charge in [-0.3, -0.25) is 4.79 Å². The number of hydrogen-bond acceptors (Lipinski definition) is 5. The second-order valence-electron chi connectivity index (χ2n) is 7.45. The van der Waals surface area contributed by atoms with Gasteiger partial charge in [-0.05, 0) is 56.2 Å². The first-order valence-electron chi connectivity index (χ1n) is 9.73. The Morgan fingerprint density at radius 1 is 1.07 bits per heavy atom. The second kappa shape index (κ2) is 6.92. The topological polar surface area (TPSA) is 73.8 Å². The zero-order chi connectivity index (χ0) is 20.0. The first kappa shape index (κ1) is 17.7. The van der Waals surface area contributed by atoms with Crippen LogP contribution in [0.2, 0.25) is 0 Å². The van der Waals surface area contributed by atoms with Crippen molar-refractivity contribution < 1.29 is 8.91 Å². The van der Waals surface area contributed by atoms with Crippen molar-refractivity contribution in [1.82, 2.24) is 19.7 Å². The Bertz CT molecular complexity index is 1270. The minimum absolute atomic E-state index is 0.0231. The Morgan fingerprint density at radius 2 is 1.90 bits per heavy atom. The molecular weight excluding hydrogens is 371 g/mol. The molecule has 1 aliphatic carbocycles. The predicted molar refractivity (Wildman–Crippen MR) is 107 cm³/mol. The summed E-state index contributed by atoms with van der Waals surface area (Å²) in [7, 11) is 0. The van der Waals surface area contributed by atoms with E-state index in [0.717, 1.165) is 42.3 Å². The molecule has 146 valence electrons. The Balaban J connectivity index is 1.59. The van der Waals surface area contributed by atoms with Crippen LogP contribution in [-0.4, -0.2) is 19.7 Å². The standard InChI is InChI=1S/C22H19FN4O2/c1-13-22(28)27(17-7-2-3-8-17)19-10-9-14(12-18(19)24-13)20-25-21(29-26-20)15-5-4-6-16(23)11-15/h4-6,9-12,17H,2-3,7-8H2,1H3. The minimum atomic E-state index is -0.363. The molecule has 5 rings (SSSR count). The van der Waals surface area contributed by atoms with Gasteiger partial charge in [0.2, 0.25) is 5.82 Å². The van der Waals surface area contributed by atoms with Crippen LogP contribution in [0.4, 0.5) is 4.39 Å². The van der Waals surface area contributed by atoms with Gasteiger partial charge in [0.05, 0.1) is 11.0 Å². The van der Waals surface area contributed by atoms with Crippen molar-refractivity contribution in [1.29, 1.82) is 0 Å². The van der Waals surface area contributed by atoms with Crippen molar-refractivity contribution >= 4 is 11.0 Å². The lowest BCUT2D eigenvalue weighted by molar-refractivity contribution is 0.432. The van der Waals surface area contributed by atoms with Crippen molar-refractivity contribution in [2.24, 2.45) is 0 Å². The molecule has 2 aromatic heterocycles. The normalized spacial score (nSPS) is 14.7. The Hall–Kier alpha value is -3.35.